The Morgan fingerprint density at radius 1 is 1.62 bits per heavy atom. The van der Waals surface area contributed by atoms with Crippen molar-refractivity contribution in [2.75, 3.05) is 0 Å². The molecule has 0 bridgehead atoms. The van der Waals surface area contributed by atoms with Crippen molar-refractivity contribution in [2.24, 2.45) is 5.92 Å². The van der Waals surface area contributed by atoms with Crippen molar-refractivity contribution in [1.82, 2.24) is 5.32 Å². The van der Waals surface area contributed by atoms with Crippen LogP contribution in [0, 0.1) is 5.92 Å². The fourth-order valence-electron chi connectivity index (χ4n) is 1.47. The molecule has 1 nitrogen and oxygen atoms in total. The first-order valence-corrected chi connectivity index (χ1v) is 5.93. The summed E-state index contributed by atoms with van der Waals surface area (Å²) in [6.45, 7) is 3.24. The molecule has 13 heavy (non-hydrogen) atoms. The third-order valence-corrected chi connectivity index (χ3v) is 3.79. The molecule has 1 saturated carbocycles. The fraction of sp³-hybridized carbons (Fsp3) is 0.600. The van der Waals surface area contributed by atoms with E-state index in [9.17, 15) is 0 Å². The number of hydrogen-bond donors (Lipinski definition) is 1. The van der Waals surface area contributed by atoms with Crippen LogP contribution < -0.4 is 5.32 Å². The smallest absolute Gasteiger partial charge is 0.0931 e. The zero-order valence-corrected chi connectivity index (χ0v) is 9.29. The Morgan fingerprint density at radius 3 is 2.92 bits per heavy atom. The molecule has 0 aromatic carbocycles. The van der Waals surface area contributed by atoms with E-state index >= 15 is 0 Å². The van der Waals surface area contributed by atoms with Gasteiger partial charge in [0.25, 0.3) is 0 Å². The van der Waals surface area contributed by atoms with Crippen LogP contribution in [-0.2, 0) is 6.54 Å². The summed E-state index contributed by atoms with van der Waals surface area (Å²) in [4.78, 5) is 1.33. The zero-order chi connectivity index (χ0) is 9.26. The number of nitrogens with one attached hydrogen (secondary N) is 1. The topological polar surface area (TPSA) is 12.0 Å². The lowest BCUT2D eigenvalue weighted by Gasteiger charge is -2.10. The molecule has 0 aliphatic heterocycles. The quantitative estimate of drug-likeness (QED) is 0.813. The SMILES string of the molecule is CC(NCc1ccc(Cl)s1)C1CC1. The van der Waals surface area contributed by atoms with Gasteiger partial charge in [-0.1, -0.05) is 11.6 Å². The summed E-state index contributed by atoms with van der Waals surface area (Å²) < 4.78 is 0.885. The number of thiophene rings is 1. The van der Waals surface area contributed by atoms with Crippen molar-refractivity contribution in [3.05, 3.63) is 21.3 Å². The lowest BCUT2D eigenvalue weighted by atomic mass is 10.2. The van der Waals surface area contributed by atoms with E-state index < -0.39 is 0 Å². The Hall–Kier alpha value is -0.0500. The first kappa shape index (κ1) is 9.50. The number of rotatable bonds is 4. The van der Waals surface area contributed by atoms with Gasteiger partial charge in [0, 0.05) is 17.5 Å². The van der Waals surface area contributed by atoms with Crippen LogP contribution in [-0.4, -0.2) is 6.04 Å². The molecule has 1 fully saturated rings. The molecule has 1 aromatic rings. The Labute approximate surface area is 88.1 Å². The maximum Gasteiger partial charge on any atom is 0.0931 e. The summed E-state index contributed by atoms with van der Waals surface area (Å²) in [5.41, 5.74) is 0. The molecular weight excluding hydrogens is 202 g/mol. The van der Waals surface area contributed by atoms with E-state index in [1.165, 1.54) is 17.7 Å². The average molecular weight is 216 g/mol. The van der Waals surface area contributed by atoms with Crippen LogP contribution in [0.4, 0.5) is 0 Å². The van der Waals surface area contributed by atoms with E-state index in [4.69, 9.17) is 11.6 Å². The summed E-state index contributed by atoms with van der Waals surface area (Å²) >= 11 is 7.51. The van der Waals surface area contributed by atoms with Gasteiger partial charge in [0.15, 0.2) is 0 Å². The van der Waals surface area contributed by atoms with Gasteiger partial charge in [-0.25, -0.2) is 0 Å². The maximum atomic E-state index is 5.84. The van der Waals surface area contributed by atoms with Crippen molar-refractivity contribution in [2.45, 2.75) is 32.4 Å². The molecule has 0 saturated heterocycles. The maximum absolute atomic E-state index is 5.84. The predicted octanol–water partition coefficient (Wildman–Crippen LogP) is 3.29. The fourth-order valence-corrected chi connectivity index (χ4v) is 2.51. The second-order valence-electron chi connectivity index (χ2n) is 3.71. The van der Waals surface area contributed by atoms with Gasteiger partial charge in [0.2, 0.25) is 0 Å². The molecule has 0 spiro atoms. The van der Waals surface area contributed by atoms with Gasteiger partial charge in [-0.05, 0) is 37.8 Å². The van der Waals surface area contributed by atoms with Gasteiger partial charge in [0.05, 0.1) is 4.34 Å². The van der Waals surface area contributed by atoms with Crippen LogP contribution in [0.25, 0.3) is 0 Å². The molecule has 0 radical (unpaired) electrons. The van der Waals surface area contributed by atoms with Crippen LogP contribution >= 0.6 is 22.9 Å². The van der Waals surface area contributed by atoms with Gasteiger partial charge in [-0.15, -0.1) is 11.3 Å². The van der Waals surface area contributed by atoms with Crippen LogP contribution in [0.2, 0.25) is 4.34 Å². The van der Waals surface area contributed by atoms with Crippen molar-refractivity contribution >= 4 is 22.9 Å². The van der Waals surface area contributed by atoms with Crippen LogP contribution in [0.3, 0.4) is 0 Å². The molecule has 1 aliphatic carbocycles. The summed E-state index contributed by atoms with van der Waals surface area (Å²) in [6.07, 6.45) is 2.80. The van der Waals surface area contributed by atoms with Gasteiger partial charge < -0.3 is 5.32 Å². The number of halogens is 1. The van der Waals surface area contributed by atoms with Gasteiger partial charge >= 0.3 is 0 Å². The van der Waals surface area contributed by atoms with Crippen LogP contribution in [0.1, 0.15) is 24.6 Å². The minimum atomic E-state index is 0.667. The second kappa shape index (κ2) is 3.99. The van der Waals surface area contributed by atoms with Crippen molar-refractivity contribution < 1.29 is 0 Å². The summed E-state index contributed by atoms with van der Waals surface area (Å²) in [5, 5.41) is 3.53. The van der Waals surface area contributed by atoms with E-state index in [2.05, 4.69) is 18.3 Å². The van der Waals surface area contributed by atoms with Crippen molar-refractivity contribution in [3.8, 4) is 0 Å². The van der Waals surface area contributed by atoms with E-state index in [-0.39, 0.29) is 0 Å². The van der Waals surface area contributed by atoms with E-state index in [1.54, 1.807) is 11.3 Å². The standard InChI is InChI=1S/C10H14ClNS/c1-7(8-2-3-8)12-6-9-4-5-10(11)13-9/h4-5,7-8,12H,2-3,6H2,1H3. The highest BCUT2D eigenvalue weighted by molar-refractivity contribution is 7.16. The first-order valence-electron chi connectivity index (χ1n) is 4.73. The minimum Gasteiger partial charge on any atom is -0.309 e. The van der Waals surface area contributed by atoms with Crippen molar-refractivity contribution in [3.63, 3.8) is 0 Å². The molecule has 1 unspecified atom stereocenters. The van der Waals surface area contributed by atoms with E-state index in [0.29, 0.717) is 6.04 Å². The molecule has 3 heteroatoms. The van der Waals surface area contributed by atoms with E-state index in [0.717, 1.165) is 16.8 Å². The summed E-state index contributed by atoms with van der Waals surface area (Å²) in [6, 6.07) is 4.73. The molecule has 1 aliphatic rings. The van der Waals surface area contributed by atoms with Gasteiger partial charge in [-0.2, -0.15) is 0 Å². The van der Waals surface area contributed by atoms with Gasteiger partial charge in [0.1, 0.15) is 0 Å². The minimum absolute atomic E-state index is 0.667. The summed E-state index contributed by atoms with van der Waals surface area (Å²) in [5.74, 6) is 0.926. The zero-order valence-electron chi connectivity index (χ0n) is 7.72. The Kier molecular flexibility index (Phi) is 2.92. The molecule has 1 heterocycles. The molecule has 1 N–H and O–H groups in total. The Bertz CT molecular complexity index is 280. The Balaban J connectivity index is 1.78. The van der Waals surface area contributed by atoms with E-state index in [1.807, 2.05) is 6.07 Å². The highest BCUT2D eigenvalue weighted by atomic mass is 35.5. The Morgan fingerprint density at radius 2 is 2.38 bits per heavy atom. The normalized spacial score (nSPS) is 18.9. The molecule has 1 aromatic heterocycles. The molecule has 72 valence electrons. The lowest BCUT2D eigenvalue weighted by Crippen LogP contribution is -2.26. The third-order valence-electron chi connectivity index (χ3n) is 2.56. The predicted molar refractivity (Wildman–Crippen MR) is 58.4 cm³/mol. The first-order chi connectivity index (χ1) is 6.25. The van der Waals surface area contributed by atoms with Crippen LogP contribution in [0.15, 0.2) is 12.1 Å². The highest BCUT2D eigenvalue weighted by Gasteiger charge is 2.27. The third kappa shape index (κ3) is 2.70. The van der Waals surface area contributed by atoms with Crippen molar-refractivity contribution in [1.29, 1.82) is 0 Å². The lowest BCUT2D eigenvalue weighted by molar-refractivity contribution is 0.499. The molecular formula is C10H14ClNS. The molecule has 2 rings (SSSR count). The second-order valence-corrected chi connectivity index (χ2v) is 5.51. The van der Waals surface area contributed by atoms with Gasteiger partial charge in [-0.3, -0.25) is 0 Å². The summed E-state index contributed by atoms with van der Waals surface area (Å²) in [7, 11) is 0. The molecule has 1 atom stereocenters. The highest BCUT2D eigenvalue weighted by Crippen LogP contribution is 2.32. The largest absolute Gasteiger partial charge is 0.309 e. The average Bonchev–Trinajstić information content (AvgIpc) is 2.87. The monoisotopic (exact) mass is 215 g/mol. The molecule has 0 amide bonds. The number of hydrogen-bond acceptors (Lipinski definition) is 2. The van der Waals surface area contributed by atoms with Crippen LogP contribution in [0.5, 0.6) is 0 Å².